The van der Waals surface area contributed by atoms with E-state index >= 15 is 0 Å². The Hall–Kier alpha value is -1.29. The van der Waals surface area contributed by atoms with Crippen molar-refractivity contribution in [3.05, 3.63) is 30.7 Å². The van der Waals surface area contributed by atoms with Crippen molar-refractivity contribution in [3.63, 3.8) is 0 Å². The number of nitrogens with one attached hydrogen (secondary N) is 1. The first-order valence-corrected chi connectivity index (χ1v) is 3.95. The molecule has 0 aromatic carbocycles. The van der Waals surface area contributed by atoms with Crippen molar-refractivity contribution >= 4 is 12.6 Å². The molecule has 0 aliphatic rings. The van der Waals surface area contributed by atoms with Crippen LogP contribution >= 0.6 is 12.6 Å². The summed E-state index contributed by atoms with van der Waals surface area (Å²) in [5.74, 6) is 0.799. The Balaban J connectivity index is 2.45. The smallest absolute Gasteiger partial charge is 0.139 e. The first kappa shape index (κ1) is 7.36. The summed E-state index contributed by atoms with van der Waals surface area (Å²) >= 11 is 4.12. The molecule has 60 valence electrons. The fourth-order valence-electron chi connectivity index (χ4n) is 0.961. The Morgan fingerprint density at radius 2 is 2.25 bits per heavy atom. The Morgan fingerprint density at radius 3 is 2.83 bits per heavy atom. The van der Waals surface area contributed by atoms with Crippen molar-refractivity contribution in [1.29, 1.82) is 0 Å². The minimum absolute atomic E-state index is 0.758. The number of imidazole rings is 1. The average Bonchev–Trinajstić information content (AvgIpc) is 2.54. The van der Waals surface area contributed by atoms with E-state index in [1.54, 1.807) is 18.6 Å². The van der Waals surface area contributed by atoms with E-state index in [-0.39, 0.29) is 0 Å². The van der Waals surface area contributed by atoms with Gasteiger partial charge in [0.1, 0.15) is 5.82 Å². The van der Waals surface area contributed by atoms with Gasteiger partial charge in [-0.25, -0.2) is 4.98 Å². The minimum atomic E-state index is 0.758. The van der Waals surface area contributed by atoms with Gasteiger partial charge in [0.05, 0.1) is 11.2 Å². The maximum atomic E-state index is 4.12. The van der Waals surface area contributed by atoms with Crippen molar-refractivity contribution < 1.29 is 0 Å². The molecule has 0 bridgehead atoms. The zero-order valence-corrected chi connectivity index (χ0v) is 7.12. The van der Waals surface area contributed by atoms with Crippen molar-refractivity contribution in [1.82, 2.24) is 15.0 Å². The molecule has 0 unspecified atom stereocenters. The van der Waals surface area contributed by atoms with Crippen LogP contribution in [-0.2, 0) is 0 Å². The van der Waals surface area contributed by atoms with E-state index in [0.29, 0.717) is 0 Å². The summed E-state index contributed by atoms with van der Waals surface area (Å²) in [6.07, 6.45) is 5.16. The highest BCUT2D eigenvalue weighted by Crippen LogP contribution is 2.14. The molecule has 0 spiro atoms. The lowest BCUT2D eigenvalue weighted by Gasteiger charge is -1.92. The van der Waals surface area contributed by atoms with Crippen LogP contribution in [0, 0.1) is 0 Å². The average molecular weight is 177 g/mol. The third kappa shape index (κ3) is 1.33. The predicted molar refractivity (Wildman–Crippen MR) is 49.1 cm³/mol. The van der Waals surface area contributed by atoms with E-state index in [4.69, 9.17) is 0 Å². The van der Waals surface area contributed by atoms with Crippen LogP contribution in [0.5, 0.6) is 0 Å². The summed E-state index contributed by atoms with van der Waals surface area (Å²) < 4.78 is 0. The standard InChI is InChI=1S/C8H7N3S/c12-7-5-10-8(11-7)6-2-1-3-9-4-6/h1-5,12H,(H,10,11). The van der Waals surface area contributed by atoms with Gasteiger partial charge in [-0.05, 0) is 12.1 Å². The quantitative estimate of drug-likeness (QED) is 0.652. The maximum absolute atomic E-state index is 4.12. The molecule has 0 aliphatic carbocycles. The zero-order valence-electron chi connectivity index (χ0n) is 6.23. The summed E-state index contributed by atoms with van der Waals surface area (Å²) in [6.45, 7) is 0. The lowest BCUT2D eigenvalue weighted by Crippen LogP contribution is -1.80. The molecule has 2 heterocycles. The summed E-state index contributed by atoms with van der Waals surface area (Å²) in [5, 5.41) is 0.758. The minimum Gasteiger partial charge on any atom is -0.333 e. The second kappa shape index (κ2) is 2.98. The lowest BCUT2D eigenvalue weighted by molar-refractivity contribution is 1.20. The van der Waals surface area contributed by atoms with E-state index in [9.17, 15) is 0 Å². The van der Waals surface area contributed by atoms with Gasteiger partial charge in [0, 0.05) is 18.0 Å². The van der Waals surface area contributed by atoms with Crippen LogP contribution in [0.2, 0.25) is 0 Å². The molecule has 2 aromatic rings. The Labute approximate surface area is 75.3 Å². The maximum Gasteiger partial charge on any atom is 0.139 e. The van der Waals surface area contributed by atoms with Crippen LogP contribution in [0.3, 0.4) is 0 Å². The van der Waals surface area contributed by atoms with Crippen LogP contribution in [0.25, 0.3) is 11.4 Å². The van der Waals surface area contributed by atoms with Gasteiger partial charge in [-0.2, -0.15) is 0 Å². The molecule has 2 aromatic heterocycles. The summed E-state index contributed by atoms with van der Waals surface area (Å²) in [5.41, 5.74) is 0.970. The predicted octanol–water partition coefficient (Wildman–Crippen LogP) is 1.76. The molecule has 0 saturated carbocycles. The van der Waals surface area contributed by atoms with Crippen LogP contribution in [0.4, 0.5) is 0 Å². The largest absolute Gasteiger partial charge is 0.333 e. The normalized spacial score (nSPS) is 10.1. The van der Waals surface area contributed by atoms with Gasteiger partial charge in [-0.3, -0.25) is 4.98 Å². The molecule has 1 N–H and O–H groups in total. The number of rotatable bonds is 1. The first-order chi connectivity index (χ1) is 5.86. The third-order valence-electron chi connectivity index (χ3n) is 1.50. The fourth-order valence-corrected chi connectivity index (χ4v) is 1.12. The highest BCUT2D eigenvalue weighted by atomic mass is 32.1. The number of thiol groups is 1. The molecule has 4 heteroatoms. The van der Waals surface area contributed by atoms with Gasteiger partial charge >= 0.3 is 0 Å². The molecule has 0 aliphatic heterocycles. The molecule has 0 saturated heterocycles. The fraction of sp³-hybridized carbons (Fsp3) is 0. The van der Waals surface area contributed by atoms with Gasteiger partial charge in [-0.1, -0.05) is 0 Å². The molecule has 12 heavy (non-hydrogen) atoms. The number of aromatic nitrogens is 3. The van der Waals surface area contributed by atoms with E-state index in [0.717, 1.165) is 16.4 Å². The molecule has 0 atom stereocenters. The highest BCUT2D eigenvalue weighted by Gasteiger charge is 1.99. The molecule has 0 radical (unpaired) electrons. The molecule has 2 rings (SSSR count). The zero-order chi connectivity index (χ0) is 8.39. The Morgan fingerprint density at radius 1 is 1.33 bits per heavy atom. The molecule has 0 fully saturated rings. The Kier molecular flexibility index (Phi) is 1.83. The van der Waals surface area contributed by atoms with E-state index in [2.05, 4.69) is 27.6 Å². The molecular formula is C8H7N3S. The second-order valence-electron chi connectivity index (χ2n) is 2.36. The number of hydrogen-bond acceptors (Lipinski definition) is 3. The topological polar surface area (TPSA) is 41.6 Å². The van der Waals surface area contributed by atoms with E-state index in [1.165, 1.54) is 0 Å². The first-order valence-electron chi connectivity index (χ1n) is 3.50. The van der Waals surface area contributed by atoms with Crippen molar-refractivity contribution in [2.45, 2.75) is 5.03 Å². The SMILES string of the molecule is Sc1cnc(-c2cccnc2)[nH]1. The van der Waals surface area contributed by atoms with Gasteiger partial charge < -0.3 is 4.98 Å². The monoisotopic (exact) mass is 177 g/mol. The van der Waals surface area contributed by atoms with E-state index < -0.39 is 0 Å². The summed E-state index contributed by atoms with van der Waals surface area (Å²) in [6, 6.07) is 3.81. The highest BCUT2D eigenvalue weighted by molar-refractivity contribution is 7.80. The van der Waals surface area contributed by atoms with Crippen LogP contribution in [0.15, 0.2) is 35.7 Å². The van der Waals surface area contributed by atoms with Gasteiger partial charge in [0.2, 0.25) is 0 Å². The van der Waals surface area contributed by atoms with E-state index in [1.807, 2.05) is 12.1 Å². The molecular weight excluding hydrogens is 170 g/mol. The number of nitrogens with zero attached hydrogens (tertiary/aromatic N) is 2. The molecule has 0 amide bonds. The second-order valence-corrected chi connectivity index (χ2v) is 2.84. The van der Waals surface area contributed by atoms with Gasteiger partial charge in [-0.15, -0.1) is 12.6 Å². The van der Waals surface area contributed by atoms with Crippen molar-refractivity contribution in [2.24, 2.45) is 0 Å². The van der Waals surface area contributed by atoms with Crippen LogP contribution < -0.4 is 0 Å². The van der Waals surface area contributed by atoms with Gasteiger partial charge in [0.25, 0.3) is 0 Å². The number of pyridine rings is 1. The number of H-pyrrole nitrogens is 1. The van der Waals surface area contributed by atoms with Crippen molar-refractivity contribution in [2.75, 3.05) is 0 Å². The summed E-state index contributed by atoms with van der Waals surface area (Å²) in [7, 11) is 0. The Bertz CT molecular complexity index is 369. The third-order valence-corrected chi connectivity index (χ3v) is 1.72. The summed E-state index contributed by atoms with van der Waals surface area (Å²) in [4.78, 5) is 11.1. The van der Waals surface area contributed by atoms with Crippen LogP contribution in [-0.4, -0.2) is 15.0 Å². The lowest BCUT2D eigenvalue weighted by atomic mass is 10.3. The molecule has 3 nitrogen and oxygen atoms in total. The number of hydrogen-bond donors (Lipinski definition) is 2. The van der Waals surface area contributed by atoms with Crippen LogP contribution in [0.1, 0.15) is 0 Å². The van der Waals surface area contributed by atoms with Crippen molar-refractivity contribution in [3.8, 4) is 11.4 Å². The van der Waals surface area contributed by atoms with Gasteiger partial charge in [0.15, 0.2) is 0 Å². The number of aromatic amines is 1.